The van der Waals surface area contributed by atoms with Crippen LogP contribution in [0.4, 0.5) is 0 Å². The molecule has 0 radical (unpaired) electrons. The number of benzene rings is 1. The van der Waals surface area contributed by atoms with E-state index in [2.05, 4.69) is 4.98 Å². The number of aliphatic hydroxyl groups excluding tert-OH is 1. The SMILES string of the molecule is COc1cc(C[NH2+]CCO)ccc1OCc1ccc(Cl)nc1.[Cl-]. The number of ether oxygens (including phenoxy) is 2. The molecule has 23 heavy (non-hydrogen) atoms. The Kier molecular flexibility index (Phi) is 8.73. The van der Waals surface area contributed by atoms with Gasteiger partial charge in [-0.25, -0.2) is 4.98 Å². The summed E-state index contributed by atoms with van der Waals surface area (Å²) in [5.41, 5.74) is 2.05. The summed E-state index contributed by atoms with van der Waals surface area (Å²) < 4.78 is 11.2. The van der Waals surface area contributed by atoms with E-state index in [1.54, 1.807) is 19.4 Å². The number of nitrogens with zero attached hydrogens (tertiary/aromatic N) is 1. The molecule has 1 heterocycles. The van der Waals surface area contributed by atoms with Gasteiger partial charge in [0.2, 0.25) is 0 Å². The van der Waals surface area contributed by atoms with E-state index < -0.39 is 0 Å². The normalized spacial score (nSPS) is 10.0. The van der Waals surface area contributed by atoms with Gasteiger partial charge in [0.05, 0.1) is 20.3 Å². The van der Waals surface area contributed by atoms with Crippen LogP contribution in [0.25, 0.3) is 0 Å². The molecule has 7 heteroatoms. The zero-order valence-corrected chi connectivity index (χ0v) is 14.3. The Morgan fingerprint density at radius 3 is 2.61 bits per heavy atom. The van der Waals surface area contributed by atoms with Crippen molar-refractivity contribution in [2.45, 2.75) is 13.2 Å². The Hall–Kier alpha value is -1.53. The van der Waals surface area contributed by atoms with Gasteiger partial charge < -0.3 is 32.3 Å². The highest BCUT2D eigenvalue weighted by molar-refractivity contribution is 6.29. The number of quaternary nitrogens is 1. The number of hydrogen-bond donors (Lipinski definition) is 2. The van der Waals surface area contributed by atoms with E-state index in [9.17, 15) is 0 Å². The van der Waals surface area contributed by atoms with Crippen LogP contribution in [0.2, 0.25) is 5.15 Å². The van der Waals surface area contributed by atoms with Gasteiger partial charge in [-0.3, -0.25) is 0 Å². The third-order valence-electron chi connectivity index (χ3n) is 3.12. The first-order valence-corrected chi connectivity index (χ1v) is 7.43. The quantitative estimate of drug-likeness (QED) is 0.439. The van der Waals surface area contributed by atoms with Crippen molar-refractivity contribution in [3.8, 4) is 11.5 Å². The molecule has 1 aromatic carbocycles. The third kappa shape index (κ3) is 6.23. The zero-order valence-electron chi connectivity index (χ0n) is 12.8. The van der Waals surface area contributed by atoms with Gasteiger partial charge in [0.1, 0.15) is 18.3 Å². The van der Waals surface area contributed by atoms with Crippen molar-refractivity contribution in [2.75, 3.05) is 20.3 Å². The lowest BCUT2D eigenvalue weighted by molar-refractivity contribution is -0.671. The van der Waals surface area contributed by atoms with Crippen LogP contribution in [0, 0.1) is 0 Å². The molecule has 0 unspecified atom stereocenters. The minimum Gasteiger partial charge on any atom is -1.00 e. The van der Waals surface area contributed by atoms with Crippen LogP contribution in [0.15, 0.2) is 36.5 Å². The molecule has 126 valence electrons. The lowest BCUT2D eigenvalue weighted by atomic mass is 10.2. The maximum Gasteiger partial charge on any atom is 0.161 e. The predicted molar refractivity (Wildman–Crippen MR) is 84.2 cm³/mol. The van der Waals surface area contributed by atoms with Crippen molar-refractivity contribution in [1.82, 2.24) is 4.98 Å². The number of rotatable bonds is 8. The van der Waals surface area contributed by atoms with E-state index in [4.69, 9.17) is 26.2 Å². The molecule has 0 amide bonds. The molecule has 0 fully saturated rings. The first kappa shape index (κ1) is 19.5. The van der Waals surface area contributed by atoms with Gasteiger partial charge in [-0.1, -0.05) is 17.7 Å². The summed E-state index contributed by atoms with van der Waals surface area (Å²) in [7, 11) is 1.62. The van der Waals surface area contributed by atoms with E-state index in [0.717, 1.165) is 17.7 Å². The van der Waals surface area contributed by atoms with Gasteiger partial charge >= 0.3 is 0 Å². The highest BCUT2D eigenvalue weighted by atomic mass is 35.5. The van der Waals surface area contributed by atoms with Crippen LogP contribution in [-0.4, -0.2) is 30.4 Å². The van der Waals surface area contributed by atoms with E-state index >= 15 is 0 Å². The first-order chi connectivity index (χ1) is 10.7. The topological polar surface area (TPSA) is 68.2 Å². The Morgan fingerprint density at radius 1 is 1.17 bits per heavy atom. The first-order valence-electron chi connectivity index (χ1n) is 7.05. The molecule has 0 saturated carbocycles. The van der Waals surface area contributed by atoms with E-state index in [0.29, 0.717) is 29.8 Å². The number of hydrogen-bond acceptors (Lipinski definition) is 4. The van der Waals surface area contributed by atoms with E-state index in [1.165, 1.54) is 0 Å². The Bertz CT molecular complexity index is 594. The summed E-state index contributed by atoms with van der Waals surface area (Å²) in [5.74, 6) is 1.38. The summed E-state index contributed by atoms with van der Waals surface area (Å²) in [6.45, 7) is 2.05. The van der Waals surface area contributed by atoms with Gasteiger partial charge in [0.25, 0.3) is 0 Å². The van der Waals surface area contributed by atoms with Crippen molar-refractivity contribution in [1.29, 1.82) is 0 Å². The van der Waals surface area contributed by atoms with Crippen LogP contribution in [0.3, 0.4) is 0 Å². The fourth-order valence-electron chi connectivity index (χ4n) is 1.97. The van der Waals surface area contributed by atoms with E-state index in [-0.39, 0.29) is 19.0 Å². The molecule has 0 spiro atoms. The van der Waals surface area contributed by atoms with Gasteiger partial charge in [-0.05, 0) is 24.3 Å². The van der Waals surface area contributed by atoms with Gasteiger partial charge in [-0.15, -0.1) is 0 Å². The fraction of sp³-hybridized carbons (Fsp3) is 0.312. The average Bonchev–Trinajstić information content (AvgIpc) is 2.55. The number of nitrogens with two attached hydrogens (primary N) is 1. The molecule has 3 N–H and O–H groups in total. The van der Waals surface area contributed by atoms with Gasteiger partial charge in [0.15, 0.2) is 11.5 Å². The highest BCUT2D eigenvalue weighted by Gasteiger charge is 2.07. The molecule has 2 rings (SSSR count). The fourth-order valence-corrected chi connectivity index (χ4v) is 2.08. The molecule has 0 aliphatic carbocycles. The zero-order chi connectivity index (χ0) is 15.8. The minimum atomic E-state index is 0. The predicted octanol–water partition coefficient (Wildman–Crippen LogP) is -1.62. The maximum atomic E-state index is 8.80. The van der Waals surface area contributed by atoms with Gasteiger partial charge in [-0.2, -0.15) is 0 Å². The average molecular weight is 359 g/mol. The molecule has 0 bridgehead atoms. The number of aliphatic hydroxyl groups is 1. The van der Waals surface area contributed by atoms with Crippen molar-refractivity contribution in [3.63, 3.8) is 0 Å². The van der Waals surface area contributed by atoms with Crippen molar-refractivity contribution < 1.29 is 32.3 Å². The third-order valence-corrected chi connectivity index (χ3v) is 3.35. The molecule has 2 aromatic rings. The van der Waals surface area contributed by atoms with E-state index in [1.807, 2.05) is 29.6 Å². The Morgan fingerprint density at radius 2 is 1.96 bits per heavy atom. The number of pyridine rings is 1. The molecule has 0 atom stereocenters. The van der Waals surface area contributed by atoms with Crippen LogP contribution in [0.5, 0.6) is 11.5 Å². The Labute approximate surface area is 147 Å². The van der Waals surface area contributed by atoms with Crippen molar-refractivity contribution >= 4 is 11.6 Å². The molecule has 5 nitrogen and oxygen atoms in total. The van der Waals surface area contributed by atoms with Crippen LogP contribution in [0.1, 0.15) is 11.1 Å². The number of halogens is 2. The minimum absolute atomic E-state index is 0. The van der Waals surface area contributed by atoms with Crippen LogP contribution >= 0.6 is 11.6 Å². The molecular formula is C16H20Cl2N2O3. The molecule has 0 aliphatic rings. The monoisotopic (exact) mass is 358 g/mol. The largest absolute Gasteiger partial charge is 1.00 e. The smallest absolute Gasteiger partial charge is 0.161 e. The molecular weight excluding hydrogens is 339 g/mol. The second kappa shape index (κ2) is 10.3. The molecule has 0 aliphatic heterocycles. The summed E-state index contributed by atoms with van der Waals surface area (Å²) in [6, 6.07) is 9.44. The van der Waals surface area contributed by atoms with Crippen LogP contribution in [-0.2, 0) is 13.2 Å². The molecule has 0 saturated heterocycles. The number of aromatic nitrogens is 1. The standard InChI is InChI=1S/C16H19ClN2O3.ClH/c1-21-15-8-12(9-18-6-7-20)2-4-14(15)22-11-13-3-5-16(17)19-10-13;/h2-5,8,10,18,20H,6-7,9,11H2,1H3;1H. The van der Waals surface area contributed by atoms with Gasteiger partial charge in [0, 0.05) is 17.3 Å². The lowest BCUT2D eigenvalue weighted by Gasteiger charge is -2.12. The number of methoxy groups -OCH3 is 1. The second-order valence-corrected chi connectivity index (χ2v) is 5.16. The summed E-state index contributed by atoms with van der Waals surface area (Å²) in [5, 5.41) is 11.3. The lowest BCUT2D eigenvalue weighted by Crippen LogP contribution is -3.00. The van der Waals surface area contributed by atoms with Crippen LogP contribution < -0.4 is 27.2 Å². The van der Waals surface area contributed by atoms with Crippen molar-refractivity contribution in [3.05, 3.63) is 52.8 Å². The Balaban J connectivity index is 0.00000264. The maximum absolute atomic E-state index is 8.80. The second-order valence-electron chi connectivity index (χ2n) is 4.77. The summed E-state index contributed by atoms with van der Waals surface area (Å²) >= 11 is 5.76. The van der Waals surface area contributed by atoms with Crippen molar-refractivity contribution in [2.24, 2.45) is 0 Å². The summed E-state index contributed by atoms with van der Waals surface area (Å²) in [4.78, 5) is 4.02. The summed E-state index contributed by atoms with van der Waals surface area (Å²) in [6.07, 6.45) is 1.69. The molecule has 1 aromatic heterocycles. The highest BCUT2D eigenvalue weighted by Crippen LogP contribution is 2.28.